The van der Waals surface area contributed by atoms with Crippen molar-refractivity contribution in [1.29, 1.82) is 0 Å². The zero-order valence-electron chi connectivity index (χ0n) is 8.22. The Hall–Kier alpha value is -2.29. The van der Waals surface area contributed by atoms with E-state index < -0.39 is 33.7 Å². The lowest BCUT2D eigenvalue weighted by atomic mass is 10.6. The fourth-order valence-electron chi connectivity index (χ4n) is 1.36. The molecule has 2 heterocycles. The van der Waals surface area contributed by atoms with Gasteiger partial charge < -0.3 is 20.4 Å². The lowest BCUT2D eigenvalue weighted by Gasteiger charge is -2.10. The van der Waals surface area contributed by atoms with Crippen molar-refractivity contribution in [2.24, 2.45) is 0 Å². The van der Waals surface area contributed by atoms with Crippen molar-refractivity contribution in [2.75, 3.05) is 0 Å². The molecule has 0 fully saturated rings. The van der Waals surface area contributed by atoms with Crippen molar-refractivity contribution in [3.63, 3.8) is 0 Å². The highest BCUT2D eigenvalue weighted by Gasteiger charge is 2.27. The summed E-state index contributed by atoms with van der Waals surface area (Å²) >= 11 is 0. The number of aromatic hydroxyl groups is 4. The van der Waals surface area contributed by atoms with Crippen molar-refractivity contribution < 1.29 is 28.8 Å². The topological polar surface area (TPSA) is 125 Å². The average Bonchev–Trinajstić information content (AvgIpc) is 2.71. The Kier molecular flexibility index (Phi) is 2.21. The van der Waals surface area contributed by atoms with Crippen LogP contribution in [0.3, 0.4) is 0 Å². The third-order valence-corrected chi connectivity index (χ3v) is 3.73. The van der Waals surface area contributed by atoms with E-state index >= 15 is 0 Å². The first-order valence-electron chi connectivity index (χ1n) is 4.31. The van der Waals surface area contributed by atoms with Crippen LogP contribution in [-0.4, -0.2) is 36.8 Å². The van der Waals surface area contributed by atoms with Gasteiger partial charge in [-0.1, -0.05) is 0 Å². The molecule has 0 bridgehead atoms. The standard InChI is InChI=1S/C8H8N2O6S/c11-5-1-2-6(12)9(5)17(15,16)10-7(13)3-4-8(10)14/h1-4,11-14H. The zero-order valence-corrected chi connectivity index (χ0v) is 9.03. The molecule has 0 unspecified atom stereocenters. The summed E-state index contributed by atoms with van der Waals surface area (Å²) in [6.07, 6.45) is 0. The van der Waals surface area contributed by atoms with Crippen LogP contribution in [0.15, 0.2) is 24.3 Å². The summed E-state index contributed by atoms with van der Waals surface area (Å²) in [7, 11) is -4.54. The summed E-state index contributed by atoms with van der Waals surface area (Å²) < 4.78 is 24.2. The highest BCUT2D eigenvalue weighted by atomic mass is 32.2. The minimum absolute atomic E-state index is 0.159. The van der Waals surface area contributed by atoms with Crippen LogP contribution >= 0.6 is 0 Å². The van der Waals surface area contributed by atoms with Gasteiger partial charge in [-0.05, 0) is 0 Å². The van der Waals surface area contributed by atoms with E-state index in [0.717, 1.165) is 24.3 Å². The molecule has 2 aromatic rings. The van der Waals surface area contributed by atoms with Crippen LogP contribution in [0, 0.1) is 0 Å². The second-order valence-corrected chi connectivity index (χ2v) is 4.76. The molecule has 0 spiro atoms. The molecule has 0 aliphatic rings. The van der Waals surface area contributed by atoms with Crippen LogP contribution in [0.1, 0.15) is 0 Å². The van der Waals surface area contributed by atoms with E-state index in [9.17, 15) is 28.8 Å². The molecule has 2 rings (SSSR count). The normalized spacial score (nSPS) is 11.8. The second kappa shape index (κ2) is 3.35. The molecule has 0 amide bonds. The molecule has 0 saturated heterocycles. The molecular weight excluding hydrogens is 252 g/mol. The summed E-state index contributed by atoms with van der Waals surface area (Å²) in [4.78, 5) is 0. The Morgan fingerprint density at radius 2 is 0.941 bits per heavy atom. The predicted octanol–water partition coefficient (Wildman–Crippen LogP) is -0.247. The lowest BCUT2D eigenvalue weighted by Crippen LogP contribution is -2.19. The molecule has 92 valence electrons. The quantitative estimate of drug-likeness (QED) is 0.590. The van der Waals surface area contributed by atoms with Crippen LogP contribution < -0.4 is 0 Å². The predicted molar refractivity (Wildman–Crippen MR) is 55.2 cm³/mol. The summed E-state index contributed by atoms with van der Waals surface area (Å²) in [5.74, 6) is -3.02. The fourth-order valence-corrected chi connectivity index (χ4v) is 2.71. The molecule has 9 heteroatoms. The summed E-state index contributed by atoms with van der Waals surface area (Å²) in [5.41, 5.74) is 0. The third-order valence-electron chi connectivity index (χ3n) is 2.06. The van der Waals surface area contributed by atoms with Crippen LogP contribution in [0.4, 0.5) is 0 Å². The van der Waals surface area contributed by atoms with Gasteiger partial charge in [-0.3, -0.25) is 0 Å². The van der Waals surface area contributed by atoms with Gasteiger partial charge >= 0.3 is 10.2 Å². The first-order chi connectivity index (χ1) is 7.85. The molecule has 0 saturated carbocycles. The van der Waals surface area contributed by atoms with Gasteiger partial charge in [0.25, 0.3) is 0 Å². The SMILES string of the molecule is O=S(=O)(n1c(O)ccc1O)n1c(O)ccc1O. The number of hydrogen-bond donors (Lipinski definition) is 4. The summed E-state index contributed by atoms with van der Waals surface area (Å²) in [6.45, 7) is 0. The van der Waals surface area contributed by atoms with E-state index in [0.29, 0.717) is 0 Å². The van der Waals surface area contributed by atoms with Crippen molar-refractivity contribution in [3.05, 3.63) is 24.3 Å². The molecule has 0 radical (unpaired) electrons. The summed E-state index contributed by atoms with van der Waals surface area (Å²) in [6, 6.07) is 3.80. The molecule has 17 heavy (non-hydrogen) atoms. The smallest absolute Gasteiger partial charge is 0.344 e. The highest BCUT2D eigenvalue weighted by molar-refractivity contribution is 7.88. The van der Waals surface area contributed by atoms with Crippen molar-refractivity contribution >= 4 is 10.2 Å². The monoisotopic (exact) mass is 260 g/mol. The van der Waals surface area contributed by atoms with Crippen LogP contribution in [0.5, 0.6) is 23.5 Å². The third kappa shape index (κ3) is 1.47. The summed E-state index contributed by atoms with van der Waals surface area (Å²) in [5, 5.41) is 37.2. The molecule has 0 aliphatic carbocycles. The largest absolute Gasteiger partial charge is 0.494 e. The molecule has 2 aromatic heterocycles. The molecule has 0 aliphatic heterocycles. The number of rotatable bonds is 2. The van der Waals surface area contributed by atoms with Gasteiger partial charge in [0, 0.05) is 24.3 Å². The molecule has 0 aromatic carbocycles. The molecular formula is C8H8N2O6S. The number of aromatic nitrogens is 2. The molecule has 8 nitrogen and oxygen atoms in total. The highest BCUT2D eigenvalue weighted by Crippen LogP contribution is 2.30. The van der Waals surface area contributed by atoms with E-state index in [4.69, 9.17) is 0 Å². The Labute approximate surface area is 95.4 Å². The first kappa shape index (κ1) is 11.2. The Morgan fingerprint density at radius 3 is 1.18 bits per heavy atom. The van der Waals surface area contributed by atoms with Gasteiger partial charge in [-0.15, -0.1) is 0 Å². The maximum atomic E-state index is 11.9. The van der Waals surface area contributed by atoms with E-state index in [1.54, 1.807) is 0 Å². The first-order valence-corrected chi connectivity index (χ1v) is 5.71. The number of nitrogens with zero attached hydrogens (tertiary/aromatic N) is 2. The van der Waals surface area contributed by atoms with Gasteiger partial charge in [0.05, 0.1) is 0 Å². The molecule has 0 atom stereocenters. The fraction of sp³-hybridized carbons (Fsp3) is 0. The van der Waals surface area contributed by atoms with Crippen molar-refractivity contribution in [2.45, 2.75) is 0 Å². The van der Waals surface area contributed by atoms with Crippen molar-refractivity contribution in [3.8, 4) is 23.5 Å². The van der Waals surface area contributed by atoms with E-state index in [1.165, 1.54) is 0 Å². The van der Waals surface area contributed by atoms with Gasteiger partial charge in [0.1, 0.15) is 0 Å². The minimum atomic E-state index is -4.54. The Balaban J connectivity index is 2.75. The van der Waals surface area contributed by atoms with Gasteiger partial charge in [0.2, 0.25) is 23.5 Å². The van der Waals surface area contributed by atoms with E-state index in [2.05, 4.69) is 0 Å². The van der Waals surface area contributed by atoms with E-state index in [-0.39, 0.29) is 7.94 Å². The Bertz CT molecular complexity index is 577. The lowest BCUT2D eigenvalue weighted by molar-refractivity contribution is 0.393. The van der Waals surface area contributed by atoms with Crippen LogP contribution in [-0.2, 0) is 10.2 Å². The molecule has 4 N–H and O–H groups in total. The second-order valence-electron chi connectivity index (χ2n) is 3.14. The van der Waals surface area contributed by atoms with Gasteiger partial charge in [0.15, 0.2) is 0 Å². The zero-order chi connectivity index (χ0) is 12.8. The van der Waals surface area contributed by atoms with Crippen molar-refractivity contribution in [1.82, 2.24) is 7.94 Å². The maximum Gasteiger partial charge on any atom is 0.344 e. The Morgan fingerprint density at radius 1 is 0.706 bits per heavy atom. The van der Waals surface area contributed by atoms with Crippen LogP contribution in [0.25, 0.3) is 0 Å². The van der Waals surface area contributed by atoms with Crippen LogP contribution in [0.2, 0.25) is 0 Å². The van der Waals surface area contributed by atoms with Gasteiger partial charge in [-0.2, -0.15) is 16.4 Å². The average molecular weight is 260 g/mol. The number of hydrogen-bond acceptors (Lipinski definition) is 6. The minimum Gasteiger partial charge on any atom is -0.494 e. The van der Waals surface area contributed by atoms with Gasteiger partial charge in [-0.25, -0.2) is 0 Å². The van der Waals surface area contributed by atoms with E-state index in [1.807, 2.05) is 0 Å². The maximum absolute atomic E-state index is 11.9.